The lowest BCUT2D eigenvalue weighted by molar-refractivity contribution is 0.239. The van der Waals surface area contributed by atoms with E-state index in [0.717, 1.165) is 38.1 Å². The molecule has 0 amide bonds. The number of nitrogens with one attached hydrogen (secondary N) is 1. The fourth-order valence-corrected chi connectivity index (χ4v) is 2.52. The summed E-state index contributed by atoms with van der Waals surface area (Å²) in [6, 6.07) is 8.12. The molecule has 0 saturated carbocycles. The number of aromatic nitrogens is 2. The lowest BCUT2D eigenvalue weighted by atomic mass is 9.97. The van der Waals surface area contributed by atoms with Crippen molar-refractivity contribution in [2.45, 2.75) is 32.1 Å². The second-order valence-corrected chi connectivity index (χ2v) is 5.35. The molecule has 1 aliphatic rings. The van der Waals surface area contributed by atoms with Gasteiger partial charge in [-0.25, -0.2) is 0 Å². The van der Waals surface area contributed by atoms with Crippen LogP contribution in [0.15, 0.2) is 28.7 Å². The van der Waals surface area contributed by atoms with E-state index < -0.39 is 0 Å². The smallest absolute Gasteiger partial charge is 0.223 e. The lowest BCUT2D eigenvalue weighted by Gasteiger charge is -2.22. The van der Waals surface area contributed by atoms with E-state index in [9.17, 15) is 0 Å². The van der Waals surface area contributed by atoms with Crippen molar-refractivity contribution in [1.82, 2.24) is 15.5 Å². The van der Waals surface area contributed by atoms with E-state index in [4.69, 9.17) is 9.15 Å². The summed E-state index contributed by atoms with van der Waals surface area (Å²) in [5.74, 6) is 2.52. The fraction of sp³-hybridized carbons (Fsp3) is 0.500. The summed E-state index contributed by atoms with van der Waals surface area (Å²) < 4.78 is 11.5. The Balaban J connectivity index is 1.59. The number of rotatable bonds is 6. The van der Waals surface area contributed by atoms with Crippen LogP contribution in [0.2, 0.25) is 0 Å². The molecule has 1 aromatic heterocycles. The van der Waals surface area contributed by atoms with Gasteiger partial charge in [-0.3, -0.25) is 0 Å². The Labute approximate surface area is 124 Å². The van der Waals surface area contributed by atoms with E-state index in [1.54, 1.807) is 0 Å². The summed E-state index contributed by atoms with van der Waals surface area (Å²) in [7, 11) is 0. The van der Waals surface area contributed by atoms with Crippen LogP contribution in [0.5, 0.6) is 5.75 Å². The molecule has 3 rings (SSSR count). The highest BCUT2D eigenvalue weighted by molar-refractivity contribution is 5.36. The molecule has 1 aromatic carbocycles. The van der Waals surface area contributed by atoms with Crippen LogP contribution >= 0.6 is 0 Å². The van der Waals surface area contributed by atoms with Crippen LogP contribution in [0.4, 0.5) is 0 Å². The van der Waals surface area contributed by atoms with Crippen LogP contribution < -0.4 is 10.1 Å². The Morgan fingerprint density at radius 2 is 2.14 bits per heavy atom. The Morgan fingerprint density at radius 1 is 1.24 bits per heavy atom. The molecule has 5 heteroatoms. The van der Waals surface area contributed by atoms with Crippen molar-refractivity contribution >= 4 is 0 Å². The van der Waals surface area contributed by atoms with Crippen LogP contribution in [-0.4, -0.2) is 29.9 Å². The zero-order valence-electron chi connectivity index (χ0n) is 12.3. The van der Waals surface area contributed by atoms with E-state index in [0.29, 0.717) is 18.4 Å². The summed E-state index contributed by atoms with van der Waals surface area (Å²) in [5, 5.41) is 11.7. The molecule has 0 saturated heterocycles. The predicted octanol–water partition coefficient (Wildman–Crippen LogP) is 2.33. The van der Waals surface area contributed by atoms with Crippen molar-refractivity contribution in [1.29, 1.82) is 0 Å². The fourth-order valence-electron chi connectivity index (χ4n) is 2.52. The number of hydrogen-bond acceptors (Lipinski definition) is 5. The van der Waals surface area contributed by atoms with Crippen molar-refractivity contribution in [2.75, 3.05) is 19.7 Å². The number of ether oxygens (including phenoxy) is 1. The van der Waals surface area contributed by atoms with Crippen molar-refractivity contribution in [2.24, 2.45) is 0 Å². The van der Waals surface area contributed by atoms with Crippen LogP contribution in [0.3, 0.4) is 0 Å². The van der Waals surface area contributed by atoms with E-state index in [1.807, 2.05) is 18.2 Å². The zero-order chi connectivity index (χ0) is 14.5. The Hall–Kier alpha value is -1.88. The number of hydrogen-bond donors (Lipinski definition) is 1. The van der Waals surface area contributed by atoms with Crippen LogP contribution in [0.1, 0.15) is 36.6 Å². The molecule has 21 heavy (non-hydrogen) atoms. The standard InChI is InChI=1S/C16H21N3O2/c1-2-8-17-9-7-15-18-19-16(21-15)13-10-12-5-3-4-6-14(12)20-11-13/h3-6,13,17H,2,7-11H2,1H3. The molecule has 5 nitrogen and oxygen atoms in total. The number of para-hydroxylation sites is 1. The van der Waals surface area contributed by atoms with Gasteiger partial charge in [-0.2, -0.15) is 0 Å². The molecule has 112 valence electrons. The van der Waals surface area contributed by atoms with Gasteiger partial charge < -0.3 is 14.5 Å². The molecular formula is C16H21N3O2. The van der Waals surface area contributed by atoms with Gasteiger partial charge in [-0.1, -0.05) is 25.1 Å². The van der Waals surface area contributed by atoms with E-state index in [1.165, 1.54) is 5.56 Å². The van der Waals surface area contributed by atoms with Gasteiger partial charge in [0.05, 0.1) is 5.92 Å². The molecule has 2 heterocycles. The predicted molar refractivity (Wildman–Crippen MR) is 79.5 cm³/mol. The Morgan fingerprint density at radius 3 is 3.05 bits per heavy atom. The molecule has 1 unspecified atom stereocenters. The third kappa shape index (κ3) is 3.42. The Bertz CT molecular complexity index is 582. The average Bonchev–Trinajstić information content (AvgIpc) is 3.00. The van der Waals surface area contributed by atoms with Gasteiger partial charge in [-0.05, 0) is 31.0 Å². The van der Waals surface area contributed by atoms with Gasteiger partial charge in [0.2, 0.25) is 11.8 Å². The SMILES string of the molecule is CCCNCCc1nnc(C2COc3ccccc3C2)o1. The van der Waals surface area contributed by atoms with E-state index >= 15 is 0 Å². The number of nitrogens with zero attached hydrogens (tertiary/aromatic N) is 2. The second-order valence-electron chi connectivity index (χ2n) is 5.35. The van der Waals surface area contributed by atoms with Crippen molar-refractivity contribution < 1.29 is 9.15 Å². The second kappa shape index (κ2) is 6.72. The highest BCUT2D eigenvalue weighted by atomic mass is 16.5. The highest BCUT2D eigenvalue weighted by Crippen LogP contribution is 2.31. The van der Waals surface area contributed by atoms with Crippen molar-refractivity contribution in [3.8, 4) is 5.75 Å². The quantitative estimate of drug-likeness (QED) is 0.826. The van der Waals surface area contributed by atoms with Gasteiger partial charge in [0.25, 0.3) is 0 Å². The molecule has 0 aliphatic carbocycles. The molecule has 0 bridgehead atoms. The summed E-state index contributed by atoms with van der Waals surface area (Å²) >= 11 is 0. The van der Waals surface area contributed by atoms with Crippen molar-refractivity contribution in [3.05, 3.63) is 41.6 Å². The largest absolute Gasteiger partial charge is 0.492 e. The topological polar surface area (TPSA) is 60.2 Å². The summed E-state index contributed by atoms with van der Waals surface area (Å²) in [6.07, 6.45) is 2.80. The van der Waals surface area contributed by atoms with Crippen LogP contribution in [0, 0.1) is 0 Å². The van der Waals surface area contributed by atoms with E-state index in [-0.39, 0.29) is 5.92 Å². The molecule has 2 aromatic rings. The summed E-state index contributed by atoms with van der Waals surface area (Å²) in [5.41, 5.74) is 1.21. The monoisotopic (exact) mass is 287 g/mol. The molecular weight excluding hydrogens is 266 g/mol. The minimum atomic E-state index is 0.157. The molecule has 1 atom stereocenters. The van der Waals surface area contributed by atoms with Crippen LogP contribution in [-0.2, 0) is 12.8 Å². The normalized spacial score (nSPS) is 17.3. The summed E-state index contributed by atoms with van der Waals surface area (Å²) in [4.78, 5) is 0. The van der Waals surface area contributed by atoms with Gasteiger partial charge in [0.1, 0.15) is 12.4 Å². The first kappa shape index (κ1) is 14.1. The molecule has 0 spiro atoms. The minimum absolute atomic E-state index is 0.157. The third-order valence-electron chi connectivity index (χ3n) is 3.65. The van der Waals surface area contributed by atoms with Gasteiger partial charge >= 0.3 is 0 Å². The summed E-state index contributed by atoms with van der Waals surface area (Å²) in [6.45, 7) is 4.65. The third-order valence-corrected chi connectivity index (χ3v) is 3.65. The lowest BCUT2D eigenvalue weighted by Crippen LogP contribution is -2.19. The maximum Gasteiger partial charge on any atom is 0.223 e. The maximum atomic E-state index is 5.78. The molecule has 0 fully saturated rings. The van der Waals surface area contributed by atoms with Crippen molar-refractivity contribution in [3.63, 3.8) is 0 Å². The number of benzene rings is 1. The molecule has 1 aliphatic heterocycles. The van der Waals surface area contributed by atoms with Gasteiger partial charge in [0.15, 0.2) is 0 Å². The molecule has 0 radical (unpaired) electrons. The zero-order valence-corrected chi connectivity index (χ0v) is 12.3. The highest BCUT2D eigenvalue weighted by Gasteiger charge is 2.25. The van der Waals surface area contributed by atoms with Gasteiger partial charge in [0, 0.05) is 13.0 Å². The van der Waals surface area contributed by atoms with Crippen LogP contribution in [0.25, 0.3) is 0 Å². The first-order chi connectivity index (χ1) is 10.4. The first-order valence-corrected chi connectivity index (χ1v) is 7.60. The van der Waals surface area contributed by atoms with E-state index in [2.05, 4.69) is 28.5 Å². The first-order valence-electron chi connectivity index (χ1n) is 7.60. The van der Waals surface area contributed by atoms with Gasteiger partial charge in [-0.15, -0.1) is 10.2 Å². The minimum Gasteiger partial charge on any atom is -0.492 e. The maximum absolute atomic E-state index is 5.78. The number of fused-ring (bicyclic) bond motifs is 1. The Kier molecular flexibility index (Phi) is 4.50. The average molecular weight is 287 g/mol. The molecule has 1 N–H and O–H groups in total.